The third-order valence-corrected chi connectivity index (χ3v) is 3.20. The lowest BCUT2D eigenvalue weighted by molar-refractivity contribution is -0.127. The molecule has 0 aliphatic rings. The first-order valence-electron chi connectivity index (χ1n) is 7.76. The predicted octanol–water partition coefficient (Wildman–Crippen LogP) is 1.67. The Bertz CT molecular complexity index is 603. The van der Waals surface area contributed by atoms with E-state index in [0.29, 0.717) is 13.0 Å². The average molecular weight is 338 g/mol. The Labute approximate surface area is 142 Å². The number of hydrogen-bond donors (Lipinski definition) is 0. The van der Waals surface area contributed by atoms with Crippen molar-refractivity contribution in [2.24, 2.45) is 7.05 Å². The number of amides is 3. The minimum atomic E-state index is -0.559. The normalized spacial score (nSPS) is 11.1. The van der Waals surface area contributed by atoms with E-state index in [-0.39, 0.29) is 18.0 Å². The van der Waals surface area contributed by atoms with Gasteiger partial charge in [-0.2, -0.15) is 5.10 Å². The molecule has 0 aliphatic heterocycles. The van der Waals surface area contributed by atoms with Crippen LogP contribution in [-0.4, -0.2) is 63.7 Å². The molecule has 24 heavy (non-hydrogen) atoms. The Hall–Kier alpha value is -2.38. The van der Waals surface area contributed by atoms with E-state index in [1.807, 2.05) is 0 Å². The highest BCUT2D eigenvalue weighted by Crippen LogP contribution is 2.10. The molecular formula is C16H26N4O4. The molecule has 0 aliphatic carbocycles. The number of hydrogen-bond acceptors (Lipinski definition) is 5. The molecule has 1 aromatic rings. The number of nitrogens with zero attached hydrogens (tertiary/aromatic N) is 4. The summed E-state index contributed by atoms with van der Waals surface area (Å²) < 4.78 is 6.73. The van der Waals surface area contributed by atoms with Gasteiger partial charge in [0.2, 0.25) is 5.91 Å². The minimum absolute atomic E-state index is 0.155. The van der Waals surface area contributed by atoms with E-state index in [1.54, 1.807) is 47.1 Å². The van der Waals surface area contributed by atoms with Crippen LogP contribution in [0.4, 0.5) is 4.79 Å². The third kappa shape index (κ3) is 6.02. The van der Waals surface area contributed by atoms with Gasteiger partial charge in [-0.1, -0.05) is 0 Å². The number of imide groups is 1. The molecule has 0 spiro atoms. The maximum atomic E-state index is 12.1. The molecule has 8 heteroatoms. The highest BCUT2D eigenvalue weighted by Gasteiger charge is 2.22. The second kappa shape index (κ2) is 7.94. The van der Waals surface area contributed by atoms with Gasteiger partial charge >= 0.3 is 6.09 Å². The minimum Gasteiger partial charge on any atom is -0.444 e. The highest BCUT2D eigenvalue weighted by molar-refractivity contribution is 6.03. The van der Waals surface area contributed by atoms with Crippen molar-refractivity contribution in [2.45, 2.75) is 39.2 Å². The van der Waals surface area contributed by atoms with Crippen molar-refractivity contribution in [3.8, 4) is 0 Å². The molecule has 8 nitrogen and oxygen atoms in total. The Morgan fingerprint density at radius 1 is 1.25 bits per heavy atom. The van der Waals surface area contributed by atoms with Crippen LogP contribution in [0.25, 0.3) is 0 Å². The first kappa shape index (κ1) is 19.7. The zero-order chi connectivity index (χ0) is 18.5. The summed E-state index contributed by atoms with van der Waals surface area (Å²) >= 11 is 0. The number of carbonyl (C=O) groups excluding carboxylic acids is 3. The Morgan fingerprint density at radius 2 is 1.88 bits per heavy atom. The van der Waals surface area contributed by atoms with Gasteiger partial charge in [0.1, 0.15) is 5.60 Å². The van der Waals surface area contributed by atoms with E-state index in [1.165, 1.54) is 16.6 Å². The van der Waals surface area contributed by atoms with Crippen LogP contribution < -0.4 is 0 Å². The summed E-state index contributed by atoms with van der Waals surface area (Å²) in [6.07, 6.45) is 1.80. The quantitative estimate of drug-likeness (QED) is 0.815. The summed E-state index contributed by atoms with van der Waals surface area (Å²) in [4.78, 5) is 38.5. The third-order valence-electron chi connectivity index (χ3n) is 3.20. The molecular weight excluding hydrogens is 312 g/mol. The van der Waals surface area contributed by atoms with Crippen LogP contribution in [0.5, 0.6) is 0 Å². The monoisotopic (exact) mass is 338 g/mol. The molecule has 0 aromatic carbocycles. The maximum absolute atomic E-state index is 12.1. The summed E-state index contributed by atoms with van der Waals surface area (Å²) in [6.45, 7) is 5.74. The number of aromatic nitrogens is 2. The predicted molar refractivity (Wildman–Crippen MR) is 88.4 cm³/mol. The van der Waals surface area contributed by atoms with Crippen molar-refractivity contribution in [2.75, 3.05) is 20.6 Å². The number of ether oxygens (including phenoxy) is 1. The van der Waals surface area contributed by atoms with Crippen molar-refractivity contribution < 1.29 is 19.1 Å². The van der Waals surface area contributed by atoms with Gasteiger partial charge in [-0.3, -0.25) is 19.2 Å². The molecule has 1 rings (SSSR count). The van der Waals surface area contributed by atoms with Crippen LogP contribution in [0.15, 0.2) is 12.3 Å². The molecule has 0 saturated heterocycles. The second-order valence-electron chi connectivity index (χ2n) is 6.64. The molecule has 0 unspecified atom stereocenters. The summed E-state index contributed by atoms with van der Waals surface area (Å²) in [5.41, 5.74) is -0.338. The first-order valence-corrected chi connectivity index (χ1v) is 7.76. The van der Waals surface area contributed by atoms with Crippen molar-refractivity contribution in [3.05, 3.63) is 18.0 Å². The van der Waals surface area contributed by atoms with Crippen LogP contribution in [-0.2, 0) is 16.6 Å². The first-order chi connectivity index (χ1) is 11.0. The second-order valence-corrected chi connectivity index (χ2v) is 6.64. The molecule has 0 N–H and O–H groups in total. The molecule has 134 valence electrons. The smallest absolute Gasteiger partial charge is 0.410 e. The average Bonchev–Trinajstić information content (AvgIpc) is 2.90. The lowest BCUT2D eigenvalue weighted by atomic mass is 10.2. The van der Waals surface area contributed by atoms with Gasteiger partial charge in [-0.25, -0.2) is 4.79 Å². The van der Waals surface area contributed by atoms with E-state index >= 15 is 0 Å². The van der Waals surface area contributed by atoms with Gasteiger partial charge < -0.3 is 9.64 Å². The lowest BCUT2D eigenvalue weighted by Gasteiger charge is -2.24. The molecule has 0 radical (unpaired) electrons. The maximum Gasteiger partial charge on any atom is 0.410 e. The van der Waals surface area contributed by atoms with Crippen molar-refractivity contribution in [1.82, 2.24) is 19.6 Å². The molecule has 0 fully saturated rings. The van der Waals surface area contributed by atoms with Gasteiger partial charge in [0.25, 0.3) is 5.91 Å². The largest absolute Gasteiger partial charge is 0.444 e. The molecule has 0 atom stereocenters. The van der Waals surface area contributed by atoms with Gasteiger partial charge in [0.15, 0.2) is 5.69 Å². The fourth-order valence-electron chi connectivity index (χ4n) is 1.88. The van der Waals surface area contributed by atoms with Gasteiger partial charge in [0.05, 0.1) is 0 Å². The summed E-state index contributed by atoms with van der Waals surface area (Å²) in [6, 6.07) is 1.56. The van der Waals surface area contributed by atoms with E-state index < -0.39 is 17.6 Å². The van der Waals surface area contributed by atoms with E-state index in [4.69, 9.17) is 4.74 Å². The Morgan fingerprint density at radius 3 is 2.38 bits per heavy atom. The SMILES string of the molecule is CN(CCCC(=O)N(C)C(=O)c1ccn(C)n1)C(=O)OC(C)(C)C. The molecule has 0 saturated carbocycles. The van der Waals surface area contributed by atoms with Crippen LogP contribution >= 0.6 is 0 Å². The molecule has 3 amide bonds. The Balaban J connectivity index is 2.43. The van der Waals surface area contributed by atoms with Crippen LogP contribution in [0.1, 0.15) is 44.1 Å². The van der Waals surface area contributed by atoms with E-state index in [9.17, 15) is 14.4 Å². The van der Waals surface area contributed by atoms with Crippen LogP contribution in [0.2, 0.25) is 0 Å². The van der Waals surface area contributed by atoms with Crippen LogP contribution in [0, 0.1) is 0 Å². The van der Waals surface area contributed by atoms with Crippen molar-refractivity contribution in [3.63, 3.8) is 0 Å². The zero-order valence-corrected chi connectivity index (χ0v) is 15.2. The van der Waals surface area contributed by atoms with E-state index in [2.05, 4.69) is 5.10 Å². The van der Waals surface area contributed by atoms with Gasteiger partial charge in [-0.05, 0) is 33.3 Å². The molecule has 1 heterocycles. The number of aryl methyl sites for hydroxylation is 1. The fraction of sp³-hybridized carbons (Fsp3) is 0.625. The Kier molecular flexibility index (Phi) is 6.51. The summed E-state index contributed by atoms with van der Waals surface area (Å²) in [7, 11) is 4.74. The number of rotatable bonds is 5. The topological polar surface area (TPSA) is 84.7 Å². The van der Waals surface area contributed by atoms with Gasteiger partial charge in [0, 0.05) is 40.3 Å². The zero-order valence-electron chi connectivity index (χ0n) is 15.2. The number of carbonyl (C=O) groups is 3. The standard InChI is InChI=1S/C16H26N4O4/c1-16(2,3)24-15(23)18(4)10-7-8-13(21)20(6)14(22)12-9-11-19(5)17-12/h9,11H,7-8,10H2,1-6H3. The van der Waals surface area contributed by atoms with Crippen molar-refractivity contribution >= 4 is 17.9 Å². The molecule has 0 bridgehead atoms. The molecule has 1 aromatic heterocycles. The fourth-order valence-corrected chi connectivity index (χ4v) is 1.88. The van der Waals surface area contributed by atoms with Crippen molar-refractivity contribution in [1.29, 1.82) is 0 Å². The lowest BCUT2D eigenvalue weighted by Crippen LogP contribution is -2.36. The highest BCUT2D eigenvalue weighted by atomic mass is 16.6. The van der Waals surface area contributed by atoms with Crippen LogP contribution in [0.3, 0.4) is 0 Å². The summed E-state index contributed by atoms with van der Waals surface area (Å²) in [5.74, 6) is -0.760. The van der Waals surface area contributed by atoms with Gasteiger partial charge in [-0.15, -0.1) is 0 Å². The van der Waals surface area contributed by atoms with E-state index in [0.717, 1.165) is 4.90 Å². The summed E-state index contributed by atoms with van der Waals surface area (Å²) in [5, 5.41) is 3.98.